The topological polar surface area (TPSA) is 66.8 Å². The quantitative estimate of drug-likeness (QED) is 0.449. The Labute approximate surface area is 173 Å². The first-order chi connectivity index (χ1) is 14.2. The summed E-state index contributed by atoms with van der Waals surface area (Å²) in [4.78, 5) is 10.4. The van der Waals surface area contributed by atoms with Gasteiger partial charge >= 0.3 is 5.97 Å². The third-order valence-electron chi connectivity index (χ3n) is 3.72. The summed E-state index contributed by atoms with van der Waals surface area (Å²) in [7, 11) is 0. The van der Waals surface area contributed by atoms with Crippen LogP contribution >= 0.6 is 0 Å². The molecule has 150 valence electrons. The first-order valence-corrected chi connectivity index (χ1v) is 9.68. The number of hydrogen-bond donors (Lipinski definition) is 2. The predicted octanol–water partition coefficient (Wildman–Crippen LogP) is 3.39. The van der Waals surface area contributed by atoms with E-state index >= 15 is 0 Å². The highest BCUT2D eigenvalue weighted by molar-refractivity contribution is 5.66. The van der Waals surface area contributed by atoms with Gasteiger partial charge in [-0.15, -0.1) is 0 Å². The van der Waals surface area contributed by atoms with Crippen LogP contribution in [0.4, 0.5) is 0 Å². The third-order valence-corrected chi connectivity index (χ3v) is 3.72. The van der Waals surface area contributed by atoms with E-state index in [1.807, 2.05) is 30.3 Å². The van der Waals surface area contributed by atoms with Crippen molar-refractivity contribution in [3.05, 3.63) is 35.9 Å². The maximum absolute atomic E-state index is 10.4. The molecule has 0 spiro atoms. The summed E-state index contributed by atoms with van der Waals surface area (Å²) in [5, 5.41) is 18.2. The normalized spacial score (nSPS) is 9.97. The lowest BCUT2D eigenvalue weighted by Crippen LogP contribution is -2.12. The molecule has 0 amide bonds. The number of benzene rings is 1. The Morgan fingerprint density at radius 2 is 1.55 bits per heavy atom. The first kappa shape index (κ1) is 23.9. The van der Waals surface area contributed by atoms with E-state index in [9.17, 15) is 9.90 Å². The lowest BCUT2D eigenvalue weighted by atomic mass is 10.1. The van der Waals surface area contributed by atoms with Gasteiger partial charge in [0.2, 0.25) is 0 Å². The van der Waals surface area contributed by atoms with E-state index in [0.29, 0.717) is 6.61 Å². The molecule has 0 aliphatic carbocycles. The molecule has 0 saturated heterocycles. The van der Waals surface area contributed by atoms with Crippen LogP contribution in [0.15, 0.2) is 30.3 Å². The molecular formula is C25H26O4. The molecule has 0 unspecified atom stereocenters. The maximum atomic E-state index is 10.4. The minimum atomic E-state index is -0.884. The molecule has 0 fully saturated rings. The summed E-state index contributed by atoms with van der Waals surface area (Å²) in [5.74, 6) is 20.5. The van der Waals surface area contributed by atoms with E-state index in [4.69, 9.17) is 9.84 Å². The highest BCUT2D eigenvalue weighted by Gasteiger charge is 1.99. The van der Waals surface area contributed by atoms with Gasteiger partial charge in [0, 0.05) is 12.8 Å². The fourth-order valence-electron chi connectivity index (χ4n) is 2.28. The van der Waals surface area contributed by atoms with Gasteiger partial charge in [0.25, 0.3) is 0 Å². The van der Waals surface area contributed by atoms with Crippen LogP contribution in [0.2, 0.25) is 0 Å². The number of rotatable bonds is 11. The van der Waals surface area contributed by atoms with Crippen LogP contribution in [0.1, 0.15) is 50.5 Å². The van der Waals surface area contributed by atoms with Crippen LogP contribution in [0.3, 0.4) is 0 Å². The number of aliphatic hydroxyl groups excluding tert-OH is 1. The van der Waals surface area contributed by atoms with E-state index in [1.54, 1.807) is 0 Å². The molecule has 0 radical (unpaired) electrons. The lowest BCUT2D eigenvalue weighted by Gasteiger charge is -2.05. The van der Waals surface area contributed by atoms with Crippen molar-refractivity contribution in [2.24, 2.45) is 0 Å². The second-order valence-corrected chi connectivity index (χ2v) is 6.25. The Morgan fingerprint density at radius 1 is 0.897 bits per heavy atom. The Balaban J connectivity index is 2.09. The van der Waals surface area contributed by atoms with Gasteiger partial charge in [0.05, 0.1) is 13.2 Å². The highest BCUT2D eigenvalue weighted by Crippen LogP contribution is 2.06. The molecule has 0 aromatic heterocycles. The van der Waals surface area contributed by atoms with Crippen molar-refractivity contribution in [2.45, 2.75) is 57.7 Å². The van der Waals surface area contributed by atoms with E-state index < -0.39 is 12.1 Å². The maximum Gasteiger partial charge on any atom is 0.303 e. The van der Waals surface area contributed by atoms with Gasteiger partial charge in [-0.3, -0.25) is 4.79 Å². The Morgan fingerprint density at radius 3 is 2.31 bits per heavy atom. The third kappa shape index (κ3) is 15.6. The molecule has 0 aliphatic rings. The molecule has 4 nitrogen and oxygen atoms in total. The number of ether oxygens (including phenoxy) is 1. The number of aliphatic hydroxyl groups is 1. The minimum absolute atomic E-state index is 0.125. The average molecular weight is 390 g/mol. The van der Waals surface area contributed by atoms with Gasteiger partial charge in [0.1, 0.15) is 6.10 Å². The first-order valence-electron chi connectivity index (χ1n) is 9.68. The highest BCUT2D eigenvalue weighted by atomic mass is 16.5. The van der Waals surface area contributed by atoms with Crippen molar-refractivity contribution in [1.82, 2.24) is 0 Å². The van der Waals surface area contributed by atoms with E-state index in [2.05, 4.69) is 47.4 Å². The van der Waals surface area contributed by atoms with E-state index in [-0.39, 0.29) is 13.0 Å². The summed E-state index contributed by atoms with van der Waals surface area (Å²) in [6.07, 6.45) is 4.91. The molecule has 0 aliphatic heterocycles. The number of hydrogen-bond acceptors (Lipinski definition) is 3. The molecule has 1 aromatic rings. The van der Waals surface area contributed by atoms with Crippen LogP contribution in [0, 0.1) is 47.4 Å². The molecule has 29 heavy (non-hydrogen) atoms. The standard InChI is InChI=1S/C25H26O4/c26-24(22-29-21-23-17-13-12-14-18-23)19-15-10-8-6-4-2-1-3-5-7-9-11-16-20-25(27)28/h12-14,17-18,24,26H,3,5,7,9,11,16,20-22H2,(H,27,28)/t24-/m1/s1. The van der Waals surface area contributed by atoms with Crippen molar-refractivity contribution in [3.63, 3.8) is 0 Å². The number of carbonyl (C=O) groups is 1. The van der Waals surface area contributed by atoms with Crippen LogP contribution in [0.25, 0.3) is 0 Å². The molecular weight excluding hydrogens is 364 g/mol. The van der Waals surface area contributed by atoms with E-state index in [1.165, 1.54) is 0 Å². The molecule has 1 rings (SSSR count). The molecule has 0 bridgehead atoms. The van der Waals surface area contributed by atoms with Gasteiger partial charge in [-0.2, -0.15) is 0 Å². The van der Waals surface area contributed by atoms with Gasteiger partial charge in [-0.25, -0.2) is 0 Å². The van der Waals surface area contributed by atoms with Crippen LogP contribution < -0.4 is 0 Å². The largest absolute Gasteiger partial charge is 0.481 e. The van der Waals surface area contributed by atoms with E-state index in [0.717, 1.165) is 44.1 Å². The lowest BCUT2D eigenvalue weighted by molar-refractivity contribution is -0.137. The average Bonchev–Trinajstić information content (AvgIpc) is 2.71. The van der Waals surface area contributed by atoms with Crippen molar-refractivity contribution in [3.8, 4) is 47.4 Å². The molecule has 1 aromatic carbocycles. The fourth-order valence-corrected chi connectivity index (χ4v) is 2.28. The SMILES string of the molecule is O=C(O)CCCCCCCC#CC#CC#CC#C[C@@H](O)COCc1ccccc1. The summed E-state index contributed by atoms with van der Waals surface area (Å²) >= 11 is 0. The smallest absolute Gasteiger partial charge is 0.303 e. The van der Waals surface area contributed by atoms with Crippen molar-refractivity contribution < 1.29 is 19.7 Å². The zero-order valence-corrected chi connectivity index (χ0v) is 16.5. The van der Waals surface area contributed by atoms with Crippen molar-refractivity contribution >= 4 is 5.97 Å². The summed E-state index contributed by atoms with van der Waals surface area (Å²) in [6.45, 7) is 0.556. The van der Waals surface area contributed by atoms with Gasteiger partial charge < -0.3 is 14.9 Å². The number of unbranched alkanes of at least 4 members (excludes halogenated alkanes) is 5. The second kappa shape index (κ2) is 17.0. The fraction of sp³-hybridized carbons (Fsp3) is 0.400. The van der Waals surface area contributed by atoms with Gasteiger partial charge in [-0.05, 0) is 53.9 Å². The predicted molar refractivity (Wildman–Crippen MR) is 113 cm³/mol. The molecule has 0 heterocycles. The van der Waals surface area contributed by atoms with Crippen molar-refractivity contribution in [2.75, 3.05) is 6.61 Å². The summed E-state index contributed by atoms with van der Waals surface area (Å²) in [5.41, 5.74) is 1.04. The Kier molecular flexibility index (Phi) is 14.0. The Bertz CT molecular complexity index is 842. The monoisotopic (exact) mass is 390 g/mol. The van der Waals surface area contributed by atoms with Crippen LogP contribution in [-0.2, 0) is 16.1 Å². The van der Waals surface area contributed by atoms with Crippen molar-refractivity contribution in [1.29, 1.82) is 0 Å². The molecule has 2 N–H and O–H groups in total. The molecule has 0 saturated carbocycles. The van der Waals surface area contributed by atoms with Gasteiger partial charge in [-0.1, -0.05) is 61.4 Å². The van der Waals surface area contributed by atoms with Gasteiger partial charge in [0.15, 0.2) is 0 Å². The minimum Gasteiger partial charge on any atom is -0.481 e. The number of carboxylic acid groups (broad SMARTS) is 1. The number of carboxylic acids is 1. The zero-order chi connectivity index (χ0) is 21.0. The molecule has 4 heteroatoms. The summed E-state index contributed by atoms with van der Waals surface area (Å²) in [6, 6.07) is 9.71. The zero-order valence-electron chi connectivity index (χ0n) is 16.5. The summed E-state index contributed by atoms with van der Waals surface area (Å²) < 4.78 is 5.39. The second-order valence-electron chi connectivity index (χ2n) is 6.25. The number of aliphatic carboxylic acids is 1. The molecule has 1 atom stereocenters. The van der Waals surface area contributed by atoms with Crippen LogP contribution in [0.5, 0.6) is 0 Å². The Hall–Kier alpha value is -3.15. The van der Waals surface area contributed by atoms with Crippen LogP contribution in [-0.4, -0.2) is 28.9 Å².